The summed E-state index contributed by atoms with van der Waals surface area (Å²) in [6, 6.07) is 8.59. The fourth-order valence-electron chi connectivity index (χ4n) is 1.94. The molecule has 1 heterocycles. The van der Waals surface area contributed by atoms with Gasteiger partial charge in [0.15, 0.2) is 11.5 Å². The Balaban J connectivity index is 1.99. The molecule has 0 bridgehead atoms. The van der Waals surface area contributed by atoms with Gasteiger partial charge in [-0.05, 0) is 19.1 Å². The number of hydrogen-bond acceptors (Lipinski definition) is 6. The maximum Gasteiger partial charge on any atom is 0.240 e. The van der Waals surface area contributed by atoms with Crippen LogP contribution >= 0.6 is 0 Å². The van der Waals surface area contributed by atoms with Crippen LogP contribution in [0.2, 0.25) is 0 Å². The topological polar surface area (TPSA) is 99.0 Å². The van der Waals surface area contributed by atoms with Gasteiger partial charge in [-0.3, -0.25) is 0 Å². The molecule has 0 fully saturated rings. The SMILES string of the molecule is Cc1ccc(S(=O)(=O)NCCN(C)c2nccnc2C#N)cc1. The van der Waals surface area contributed by atoms with Crippen LogP contribution in [-0.4, -0.2) is 38.5 Å². The van der Waals surface area contributed by atoms with Crippen LogP contribution in [0.1, 0.15) is 11.3 Å². The van der Waals surface area contributed by atoms with Crippen LogP contribution in [0.3, 0.4) is 0 Å². The summed E-state index contributed by atoms with van der Waals surface area (Å²) in [4.78, 5) is 9.93. The number of nitrogens with one attached hydrogen (secondary N) is 1. The number of benzene rings is 1. The molecular weight excluding hydrogens is 314 g/mol. The molecule has 1 N–H and O–H groups in total. The van der Waals surface area contributed by atoms with Crippen molar-refractivity contribution in [2.75, 3.05) is 25.0 Å². The molecule has 8 heteroatoms. The molecule has 0 radical (unpaired) electrons. The average Bonchev–Trinajstić information content (AvgIpc) is 2.55. The standard InChI is InChI=1S/C15H17N5O2S/c1-12-3-5-13(6-4-12)23(21,22)19-9-10-20(2)15-14(11-16)17-7-8-18-15/h3-8,19H,9-10H2,1-2H3. The first-order chi connectivity index (χ1) is 10.9. The van der Waals surface area contributed by atoms with E-state index in [2.05, 4.69) is 14.7 Å². The van der Waals surface area contributed by atoms with Gasteiger partial charge in [0.2, 0.25) is 10.0 Å². The van der Waals surface area contributed by atoms with Crippen LogP contribution in [0, 0.1) is 18.3 Å². The van der Waals surface area contributed by atoms with Crippen molar-refractivity contribution >= 4 is 15.8 Å². The van der Waals surface area contributed by atoms with Crippen molar-refractivity contribution < 1.29 is 8.42 Å². The Morgan fingerprint density at radius 3 is 2.52 bits per heavy atom. The van der Waals surface area contributed by atoms with Crippen molar-refractivity contribution in [3.05, 3.63) is 47.9 Å². The first-order valence-electron chi connectivity index (χ1n) is 6.92. The second kappa shape index (κ2) is 7.17. The van der Waals surface area contributed by atoms with Gasteiger partial charge in [0.25, 0.3) is 0 Å². The third kappa shape index (κ3) is 4.25. The molecule has 0 aliphatic carbocycles. The van der Waals surface area contributed by atoms with Gasteiger partial charge in [0.1, 0.15) is 6.07 Å². The molecule has 7 nitrogen and oxygen atoms in total. The molecule has 2 rings (SSSR count). The Bertz CT molecular complexity index is 813. The molecule has 0 saturated carbocycles. The Hall–Kier alpha value is -2.50. The lowest BCUT2D eigenvalue weighted by atomic mass is 10.2. The smallest absolute Gasteiger partial charge is 0.240 e. The summed E-state index contributed by atoms with van der Waals surface area (Å²) in [5, 5.41) is 9.00. The predicted molar refractivity (Wildman–Crippen MR) is 86.4 cm³/mol. The summed E-state index contributed by atoms with van der Waals surface area (Å²) in [6.45, 7) is 2.44. The Morgan fingerprint density at radius 1 is 1.22 bits per heavy atom. The number of aryl methyl sites for hydroxylation is 1. The van der Waals surface area contributed by atoms with E-state index in [9.17, 15) is 8.42 Å². The zero-order valence-corrected chi connectivity index (χ0v) is 13.7. The second-order valence-electron chi connectivity index (χ2n) is 4.97. The summed E-state index contributed by atoms with van der Waals surface area (Å²) in [7, 11) is -1.82. The summed E-state index contributed by atoms with van der Waals surface area (Å²) in [6.07, 6.45) is 2.93. The van der Waals surface area contributed by atoms with Crippen LogP contribution in [0.25, 0.3) is 0 Å². The van der Waals surface area contributed by atoms with Crippen molar-refractivity contribution in [1.82, 2.24) is 14.7 Å². The predicted octanol–water partition coefficient (Wildman–Crippen LogP) is 1.07. The number of nitriles is 1. The molecule has 0 saturated heterocycles. The summed E-state index contributed by atoms with van der Waals surface area (Å²) in [5.74, 6) is 0.421. The number of sulfonamides is 1. The number of hydrogen-bond donors (Lipinski definition) is 1. The van der Waals surface area contributed by atoms with Crippen LogP contribution in [0.15, 0.2) is 41.6 Å². The quantitative estimate of drug-likeness (QED) is 0.850. The molecule has 120 valence electrons. The third-order valence-corrected chi connectivity index (χ3v) is 4.69. The minimum Gasteiger partial charge on any atom is -0.356 e. The van der Waals surface area contributed by atoms with Crippen molar-refractivity contribution in [3.63, 3.8) is 0 Å². The largest absolute Gasteiger partial charge is 0.356 e. The van der Waals surface area contributed by atoms with Crippen LogP contribution in [0.4, 0.5) is 5.82 Å². The van der Waals surface area contributed by atoms with Crippen molar-refractivity contribution in [2.45, 2.75) is 11.8 Å². The maximum absolute atomic E-state index is 12.2. The molecular formula is C15H17N5O2S. The number of nitrogens with zero attached hydrogens (tertiary/aromatic N) is 4. The molecule has 1 aromatic carbocycles. The number of likely N-dealkylation sites (N-methyl/N-ethyl adjacent to an activating group) is 1. The molecule has 0 spiro atoms. The minimum atomic E-state index is -3.55. The average molecular weight is 331 g/mol. The molecule has 0 unspecified atom stereocenters. The number of anilines is 1. The number of aromatic nitrogens is 2. The summed E-state index contributed by atoms with van der Waals surface area (Å²) >= 11 is 0. The fourth-order valence-corrected chi connectivity index (χ4v) is 2.96. The van der Waals surface area contributed by atoms with Crippen LogP contribution < -0.4 is 9.62 Å². The highest BCUT2D eigenvalue weighted by Crippen LogP contribution is 2.12. The van der Waals surface area contributed by atoms with E-state index >= 15 is 0 Å². The summed E-state index contributed by atoms with van der Waals surface area (Å²) < 4.78 is 26.9. The molecule has 0 atom stereocenters. The van der Waals surface area contributed by atoms with Gasteiger partial charge in [-0.1, -0.05) is 17.7 Å². The molecule has 0 amide bonds. The van der Waals surface area contributed by atoms with Gasteiger partial charge in [0, 0.05) is 32.5 Å². The minimum absolute atomic E-state index is 0.189. The summed E-state index contributed by atoms with van der Waals surface area (Å²) in [5.41, 5.74) is 1.20. The highest BCUT2D eigenvalue weighted by Gasteiger charge is 2.14. The van der Waals surface area contributed by atoms with E-state index in [1.54, 1.807) is 36.2 Å². The monoisotopic (exact) mass is 331 g/mol. The third-order valence-electron chi connectivity index (χ3n) is 3.22. The van der Waals surface area contributed by atoms with E-state index in [0.717, 1.165) is 5.56 Å². The molecule has 0 aliphatic heterocycles. The van der Waals surface area contributed by atoms with Gasteiger partial charge in [-0.2, -0.15) is 5.26 Å². The first kappa shape index (κ1) is 16.9. The zero-order valence-electron chi connectivity index (χ0n) is 12.9. The van der Waals surface area contributed by atoms with E-state index in [1.165, 1.54) is 12.4 Å². The Kier molecular flexibility index (Phi) is 5.26. The van der Waals surface area contributed by atoms with E-state index in [4.69, 9.17) is 5.26 Å². The van der Waals surface area contributed by atoms with Crippen molar-refractivity contribution in [2.24, 2.45) is 0 Å². The van der Waals surface area contributed by atoms with E-state index in [1.807, 2.05) is 13.0 Å². The van der Waals surface area contributed by atoms with E-state index in [-0.39, 0.29) is 17.1 Å². The van der Waals surface area contributed by atoms with Gasteiger partial charge < -0.3 is 4.90 Å². The normalized spacial score (nSPS) is 11.0. The molecule has 2 aromatic rings. The van der Waals surface area contributed by atoms with Crippen LogP contribution in [-0.2, 0) is 10.0 Å². The second-order valence-corrected chi connectivity index (χ2v) is 6.74. The lowest BCUT2D eigenvalue weighted by Crippen LogP contribution is -2.33. The van der Waals surface area contributed by atoms with Gasteiger partial charge in [-0.15, -0.1) is 0 Å². The first-order valence-corrected chi connectivity index (χ1v) is 8.41. The van der Waals surface area contributed by atoms with E-state index < -0.39 is 10.0 Å². The van der Waals surface area contributed by atoms with E-state index in [0.29, 0.717) is 12.4 Å². The van der Waals surface area contributed by atoms with Crippen molar-refractivity contribution in [1.29, 1.82) is 5.26 Å². The van der Waals surface area contributed by atoms with Crippen molar-refractivity contribution in [3.8, 4) is 6.07 Å². The van der Waals surface area contributed by atoms with Gasteiger partial charge in [-0.25, -0.2) is 23.1 Å². The molecule has 23 heavy (non-hydrogen) atoms. The van der Waals surface area contributed by atoms with Gasteiger partial charge in [0.05, 0.1) is 4.90 Å². The Labute approximate surface area is 135 Å². The zero-order chi connectivity index (χ0) is 16.9. The lowest BCUT2D eigenvalue weighted by Gasteiger charge is -2.18. The fraction of sp³-hybridized carbons (Fsp3) is 0.267. The van der Waals surface area contributed by atoms with Gasteiger partial charge >= 0.3 is 0 Å². The lowest BCUT2D eigenvalue weighted by molar-refractivity contribution is 0.581. The highest BCUT2D eigenvalue weighted by atomic mass is 32.2. The molecule has 1 aromatic heterocycles. The Morgan fingerprint density at radius 2 is 1.87 bits per heavy atom. The van der Waals surface area contributed by atoms with Crippen LogP contribution in [0.5, 0.6) is 0 Å². The highest BCUT2D eigenvalue weighted by molar-refractivity contribution is 7.89. The number of rotatable bonds is 6. The maximum atomic E-state index is 12.2. The molecule has 0 aliphatic rings.